The first-order valence-corrected chi connectivity index (χ1v) is 7.00. The molecule has 0 aliphatic heterocycles. The van der Waals surface area contributed by atoms with Crippen molar-refractivity contribution in [1.29, 1.82) is 0 Å². The van der Waals surface area contributed by atoms with Crippen LogP contribution in [-0.2, 0) is 11.4 Å². The SMILES string of the molecule is C[C@H](N[S+]([O-])C(C)(C)C)c1nc(Cl)cs1. The summed E-state index contributed by atoms with van der Waals surface area (Å²) in [6, 6.07) is -0.0393. The highest BCUT2D eigenvalue weighted by Crippen LogP contribution is 2.23. The highest BCUT2D eigenvalue weighted by Gasteiger charge is 2.29. The zero-order valence-electron chi connectivity index (χ0n) is 9.20. The molecule has 0 spiro atoms. The van der Waals surface area contributed by atoms with E-state index in [9.17, 15) is 4.55 Å². The summed E-state index contributed by atoms with van der Waals surface area (Å²) >= 11 is 6.11. The van der Waals surface area contributed by atoms with E-state index in [4.69, 9.17) is 11.6 Å². The van der Waals surface area contributed by atoms with Crippen molar-refractivity contribution in [2.24, 2.45) is 0 Å². The van der Waals surface area contributed by atoms with Crippen LogP contribution in [0.4, 0.5) is 0 Å². The summed E-state index contributed by atoms with van der Waals surface area (Å²) in [5.74, 6) is 0. The van der Waals surface area contributed by atoms with E-state index in [0.29, 0.717) is 5.15 Å². The Morgan fingerprint density at radius 3 is 2.60 bits per heavy atom. The number of hydrogen-bond acceptors (Lipinski definition) is 4. The van der Waals surface area contributed by atoms with Crippen LogP contribution in [-0.4, -0.2) is 14.3 Å². The fourth-order valence-electron chi connectivity index (χ4n) is 0.854. The molecule has 1 unspecified atom stereocenters. The van der Waals surface area contributed by atoms with E-state index < -0.39 is 11.4 Å². The van der Waals surface area contributed by atoms with Gasteiger partial charge in [-0.1, -0.05) is 11.6 Å². The molecular formula is C9H15ClN2OS2. The van der Waals surface area contributed by atoms with E-state index in [-0.39, 0.29) is 10.8 Å². The van der Waals surface area contributed by atoms with Gasteiger partial charge in [-0.2, -0.15) is 0 Å². The molecule has 0 radical (unpaired) electrons. The molecule has 0 aromatic carbocycles. The third-order valence-electron chi connectivity index (χ3n) is 1.70. The Kier molecular flexibility index (Phi) is 4.43. The lowest BCUT2D eigenvalue weighted by Crippen LogP contribution is -2.40. The van der Waals surface area contributed by atoms with Crippen molar-refractivity contribution in [3.63, 3.8) is 0 Å². The van der Waals surface area contributed by atoms with Gasteiger partial charge >= 0.3 is 0 Å². The molecule has 0 amide bonds. The predicted octanol–water partition coefficient (Wildman–Crippen LogP) is 2.91. The van der Waals surface area contributed by atoms with Gasteiger partial charge in [-0.3, -0.25) is 0 Å². The van der Waals surface area contributed by atoms with Crippen LogP contribution in [0.25, 0.3) is 0 Å². The molecule has 1 N–H and O–H groups in total. The smallest absolute Gasteiger partial charge is 0.140 e. The normalized spacial score (nSPS) is 16.4. The number of hydrogen-bond donors (Lipinski definition) is 1. The van der Waals surface area contributed by atoms with Gasteiger partial charge in [0, 0.05) is 16.7 Å². The van der Waals surface area contributed by atoms with E-state index >= 15 is 0 Å². The van der Waals surface area contributed by atoms with Crippen molar-refractivity contribution in [2.75, 3.05) is 0 Å². The molecule has 6 heteroatoms. The van der Waals surface area contributed by atoms with Gasteiger partial charge in [0.2, 0.25) is 0 Å². The van der Waals surface area contributed by atoms with Crippen molar-refractivity contribution >= 4 is 34.3 Å². The van der Waals surface area contributed by atoms with Crippen LogP contribution in [0.2, 0.25) is 5.15 Å². The van der Waals surface area contributed by atoms with Crippen LogP contribution in [0.3, 0.4) is 0 Å². The molecule has 1 aromatic rings. The fraction of sp³-hybridized carbons (Fsp3) is 0.667. The number of nitrogens with zero attached hydrogens (tertiary/aromatic N) is 1. The van der Waals surface area contributed by atoms with E-state index in [1.54, 1.807) is 5.38 Å². The molecule has 0 aliphatic rings. The highest BCUT2D eigenvalue weighted by molar-refractivity contribution is 7.90. The maximum absolute atomic E-state index is 11.8. The summed E-state index contributed by atoms with van der Waals surface area (Å²) in [6.45, 7) is 7.71. The number of thiazole rings is 1. The van der Waals surface area contributed by atoms with Crippen molar-refractivity contribution in [2.45, 2.75) is 38.5 Å². The fourth-order valence-corrected chi connectivity index (χ4v) is 2.67. The summed E-state index contributed by atoms with van der Waals surface area (Å²) < 4.78 is 14.5. The molecule has 1 rings (SSSR count). The van der Waals surface area contributed by atoms with E-state index in [0.717, 1.165) is 5.01 Å². The largest absolute Gasteiger partial charge is 0.598 e. The van der Waals surface area contributed by atoms with Crippen LogP contribution in [0.5, 0.6) is 0 Å². The third kappa shape index (κ3) is 3.92. The monoisotopic (exact) mass is 266 g/mol. The second kappa shape index (κ2) is 5.01. The van der Waals surface area contributed by atoms with E-state index in [1.165, 1.54) is 11.3 Å². The van der Waals surface area contributed by atoms with Gasteiger partial charge in [-0.25, -0.2) is 4.98 Å². The van der Waals surface area contributed by atoms with Crippen molar-refractivity contribution < 1.29 is 4.55 Å². The standard InChI is InChI=1S/C9H15ClN2OS2/c1-6(8-11-7(10)5-14-8)12-15(13)9(2,3)4/h5-6,12H,1-4H3/t6-,15?/m0/s1. The van der Waals surface area contributed by atoms with Crippen LogP contribution in [0.15, 0.2) is 5.38 Å². The summed E-state index contributed by atoms with van der Waals surface area (Å²) in [5, 5.41) is 3.12. The number of nitrogens with one attached hydrogen (secondary N) is 1. The van der Waals surface area contributed by atoms with Crippen molar-refractivity contribution in [3.8, 4) is 0 Å². The second-order valence-electron chi connectivity index (χ2n) is 4.23. The van der Waals surface area contributed by atoms with Crippen molar-refractivity contribution in [1.82, 2.24) is 9.71 Å². The zero-order valence-corrected chi connectivity index (χ0v) is 11.6. The molecule has 1 heterocycles. The summed E-state index contributed by atoms with van der Waals surface area (Å²) in [7, 11) is 0. The average Bonchev–Trinajstić information content (AvgIpc) is 2.50. The summed E-state index contributed by atoms with van der Waals surface area (Å²) in [5.41, 5.74) is 0. The maximum atomic E-state index is 11.8. The van der Waals surface area contributed by atoms with Gasteiger partial charge in [0.05, 0.1) is 0 Å². The van der Waals surface area contributed by atoms with Crippen molar-refractivity contribution in [3.05, 3.63) is 15.5 Å². The molecule has 1 aromatic heterocycles. The Bertz CT molecular complexity index is 324. The topological polar surface area (TPSA) is 48.0 Å². The quantitative estimate of drug-likeness (QED) is 0.856. The van der Waals surface area contributed by atoms with E-state index in [2.05, 4.69) is 9.71 Å². The molecule has 0 aliphatic carbocycles. The lowest BCUT2D eigenvalue weighted by molar-refractivity contribution is 0.531. The Morgan fingerprint density at radius 2 is 2.20 bits per heavy atom. The zero-order chi connectivity index (χ0) is 11.6. The third-order valence-corrected chi connectivity index (χ3v) is 4.73. The molecule has 3 nitrogen and oxygen atoms in total. The minimum atomic E-state index is -1.09. The number of halogens is 1. The van der Waals surface area contributed by atoms with Gasteiger partial charge in [0.1, 0.15) is 20.9 Å². The molecule has 0 bridgehead atoms. The first kappa shape index (κ1) is 13.3. The highest BCUT2D eigenvalue weighted by atomic mass is 35.5. The number of aromatic nitrogens is 1. The number of rotatable bonds is 3. The Balaban J connectivity index is 2.60. The first-order valence-electron chi connectivity index (χ1n) is 4.59. The Morgan fingerprint density at radius 1 is 1.60 bits per heavy atom. The van der Waals surface area contributed by atoms with Gasteiger partial charge < -0.3 is 4.55 Å². The lowest BCUT2D eigenvalue weighted by Gasteiger charge is -2.25. The molecule has 0 fully saturated rings. The van der Waals surface area contributed by atoms with Gasteiger partial charge in [0.15, 0.2) is 0 Å². The minimum absolute atomic E-state index is 0.0393. The summed E-state index contributed by atoms with van der Waals surface area (Å²) in [6.07, 6.45) is 0. The van der Waals surface area contributed by atoms with E-state index in [1.807, 2.05) is 27.7 Å². The Hall–Kier alpha value is 0.190. The molecule has 0 saturated carbocycles. The second-order valence-corrected chi connectivity index (χ2v) is 7.50. The minimum Gasteiger partial charge on any atom is -0.598 e. The predicted molar refractivity (Wildman–Crippen MR) is 66.6 cm³/mol. The lowest BCUT2D eigenvalue weighted by atomic mass is 10.3. The molecule has 2 atom stereocenters. The van der Waals surface area contributed by atoms with Crippen LogP contribution in [0, 0.1) is 0 Å². The molecular weight excluding hydrogens is 252 g/mol. The maximum Gasteiger partial charge on any atom is 0.140 e. The van der Waals surface area contributed by atoms with Crippen LogP contribution < -0.4 is 4.72 Å². The average molecular weight is 267 g/mol. The van der Waals surface area contributed by atoms with Gasteiger partial charge in [0.25, 0.3) is 0 Å². The molecule has 0 saturated heterocycles. The molecule has 15 heavy (non-hydrogen) atoms. The van der Waals surface area contributed by atoms with Gasteiger partial charge in [-0.05, 0) is 27.7 Å². The first-order chi connectivity index (χ1) is 6.80. The van der Waals surface area contributed by atoms with Gasteiger partial charge in [-0.15, -0.1) is 16.1 Å². The van der Waals surface area contributed by atoms with Crippen LogP contribution >= 0.6 is 22.9 Å². The molecule has 86 valence electrons. The summed E-state index contributed by atoms with van der Waals surface area (Å²) in [4.78, 5) is 4.13. The van der Waals surface area contributed by atoms with Crippen LogP contribution in [0.1, 0.15) is 38.7 Å². The Labute approximate surface area is 103 Å².